The largest absolute Gasteiger partial charge is 0.340 e. The highest BCUT2D eigenvalue weighted by atomic mass is 32.2. The molecule has 1 saturated heterocycles. The second-order valence-electron chi connectivity index (χ2n) is 9.19. The zero-order valence-corrected chi connectivity index (χ0v) is 20.3. The van der Waals surface area contributed by atoms with Gasteiger partial charge in [0.2, 0.25) is 0 Å². The van der Waals surface area contributed by atoms with E-state index in [0.717, 1.165) is 24.0 Å². The molecule has 0 spiro atoms. The van der Waals surface area contributed by atoms with E-state index in [9.17, 15) is 16.8 Å². The van der Waals surface area contributed by atoms with E-state index >= 15 is 0 Å². The maximum atomic E-state index is 13.2. The zero-order chi connectivity index (χ0) is 23.4. The Hall–Kier alpha value is -2.21. The van der Waals surface area contributed by atoms with Gasteiger partial charge in [0.25, 0.3) is 10.0 Å². The molecule has 2 aromatic rings. The number of sulfone groups is 1. The summed E-state index contributed by atoms with van der Waals surface area (Å²) >= 11 is 0. The molecule has 1 unspecified atom stereocenters. The molecule has 2 N–H and O–H groups in total. The first kappa shape index (κ1) is 22.6. The Labute approximate surface area is 194 Å². The molecule has 1 aliphatic carbocycles. The van der Waals surface area contributed by atoms with Gasteiger partial charge in [0, 0.05) is 30.9 Å². The highest BCUT2D eigenvalue weighted by Crippen LogP contribution is 2.41. The fourth-order valence-electron chi connectivity index (χ4n) is 4.80. The number of hydrogen-bond donors (Lipinski definition) is 2. The van der Waals surface area contributed by atoms with Crippen LogP contribution in [0.3, 0.4) is 0 Å². The van der Waals surface area contributed by atoms with Crippen molar-refractivity contribution in [3.8, 4) is 0 Å². The zero-order valence-electron chi connectivity index (χ0n) is 18.7. The number of hydrogen-bond acceptors (Lipinski definition) is 8. The van der Waals surface area contributed by atoms with Crippen LogP contribution in [0.4, 0.5) is 5.82 Å². The van der Waals surface area contributed by atoms with E-state index in [2.05, 4.69) is 20.5 Å². The van der Waals surface area contributed by atoms with Crippen LogP contribution >= 0.6 is 0 Å². The van der Waals surface area contributed by atoms with Gasteiger partial charge in [-0.15, -0.1) is 0 Å². The summed E-state index contributed by atoms with van der Waals surface area (Å²) in [6, 6.07) is 8.71. The molecule has 3 heterocycles. The van der Waals surface area contributed by atoms with Gasteiger partial charge in [-0.3, -0.25) is 5.32 Å². The predicted molar refractivity (Wildman–Crippen MR) is 127 cm³/mol. The van der Waals surface area contributed by atoms with E-state index in [4.69, 9.17) is 0 Å². The summed E-state index contributed by atoms with van der Waals surface area (Å²) < 4.78 is 52.6. The van der Waals surface area contributed by atoms with E-state index in [-0.39, 0.29) is 34.0 Å². The van der Waals surface area contributed by atoms with E-state index in [1.165, 1.54) is 3.97 Å². The minimum absolute atomic E-state index is 0.152. The molecule has 1 aromatic carbocycles. The molecule has 11 heteroatoms. The number of benzene rings is 1. The molecule has 0 amide bonds. The minimum Gasteiger partial charge on any atom is -0.340 e. The molecular weight excluding hydrogens is 462 g/mol. The Morgan fingerprint density at radius 2 is 1.79 bits per heavy atom. The van der Waals surface area contributed by atoms with Crippen LogP contribution in [0, 0.1) is 12.8 Å². The lowest BCUT2D eigenvalue weighted by Crippen LogP contribution is -2.55. The maximum absolute atomic E-state index is 13.2. The Balaban J connectivity index is 1.33. The van der Waals surface area contributed by atoms with Crippen LogP contribution in [0.2, 0.25) is 0 Å². The van der Waals surface area contributed by atoms with Crippen molar-refractivity contribution in [3.63, 3.8) is 0 Å². The summed E-state index contributed by atoms with van der Waals surface area (Å²) in [4.78, 5) is 6.81. The van der Waals surface area contributed by atoms with Crippen LogP contribution in [0.15, 0.2) is 46.4 Å². The summed E-state index contributed by atoms with van der Waals surface area (Å²) in [6.07, 6.45) is 4.57. The fraction of sp³-hybridized carbons (Fsp3) is 0.500. The monoisotopic (exact) mass is 491 g/mol. The Morgan fingerprint density at radius 1 is 1.09 bits per heavy atom. The third kappa shape index (κ3) is 3.90. The van der Waals surface area contributed by atoms with Crippen molar-refractivity contribution in [2.75, 3.05) is 25.9 Å². The van der Waals surface area contributed by atoms with Crippen LogP contribution in [0.5, 0.6) is 0 Å². The molecule has 9 nitrogen and oxygen atoms in total. The highest BCUT2D eigenvalue weighted by Gasteiger charge is 2.42. The third-order valence-electron chi connectivity index (χ3n) is 6.97. The quantitative estimate of drug-likeness (QED) is 0.602. The summed E-state index contributed by atoms with van der Waals surface area (Å²) in [5, 5.41) is 6.06. The SMILES string of the molecule is CNC1c2ccn(S(=O)(=O)c3ccc(C)cc3)c2N=CN1C1CC(CS(=O)(=O)C2CNC2)C1. The second kappa shape index (κ2) is 8.23. The molecule has 5 rings (SSSR count). The first-order valence-electron chi connectivity index (χ1n) is 11.2. The molecule has 178 valence electrons. The molecule has 3 aliphatic rings. The number of nitrogens with zero attached hydrogens (tertiary/aromatic N) is 3. The number of aliphatic imine (C=N–C) groups is 1. The minimum atomic E-state index is -3.76. The summed E-state index contributed by atoms with van der Waals surface area (Å²) in [5.74, 6) is 0.781. The van der Waals surface area contributed by atoms with E-state index in [1.54, 1.807) is 42.9 Å². The van der Waals surface area contributed by atoms with Gasteiger partial charge in [-0.25, -0.2) is 25.8 Å². The van der Waals surface area contributed by atoms with Crippen LogP contribution in [0.25, 0.3) is 0 Å². The summed E-state index contributed by atoms with van der Waals surface area (Å²) in [7, 11) is -4.98. The van der Waals surface area contributed by atoms with Crippen LogP contribution in [-0.4, -0.2) is 69.2 Å². The Morgan fingerprint density at radius 3 is 2.39 bits per heavy atom. The molecule has 0 radical (unpaired) electrons. The van der Waals surface area contributed by atoms with Gasteiger partial charge in [-0.1, -0.05) is 17.7 Å². The smallest absolute Gasteiger partial charge is 0.269 e. The normalized spacial score (nSPS) is 25.4. The maximum Gasteiger partial charge on any atom is 0.269 e. The first-order valence-corrected chi connectivity index (χ1v) is 14.3. The predicted octanol–water partition coefficient (Wildman–Crippen LogP) is 1.39. The van der Waals surface area contributed by atoms with Crippen LogP contribution in [0.1, 0.15) is 30.1 Å². The molecule has 0 bridgehead atoms. The lowest BCUT2D eigenvalue weighted by Gasteiger charge is -2.46. The van der Waals surface area contributed by atoms with E-state index in [1.807, 2.05) is 14.0 Å². The van der Waals surface area contributed by atoms with Gasteiger partial charge in [0.15, 0.2) is 15.7 Å². The van der Waals surface area contributed by atoms with Gasteiger partial charge in [-0.2, -0.15) is 0 Å². The summed E-state index contributed by atoms with van der Waals surface area (Å²) in [6.45, 7) is 3.03. The number of rotatable bonds is 7. The van der Waals surface area contributed by atoms with Crippen molar-refractivity contribution >= 4 is 32.0 Å². The van der Waals surface area contributed by atoms with Crippen molar-refractivity contribution in [2.45, 2.75) is 42.1 Å². The van der Waals surface area contributed by atoms with Crippen LogP contribution in [-0.2, 0) is 19.9 Å². The van der Waals surface area contributed by atoms with Gasteiger partial charge in [0.1, 0.15) is 6.17 Å². The molecule has 1 aromatic heterocycles. The lowest BCUT2D eigenvalue weighted by atomic mass is 9.80. The standard InChI is InChI=1S/C22H29N5O4S2/c1-15-3-5-18(6-4-15)33(30,31)27-8-7-20-21(23-2)26(14-25-22(20)27)17-9-16(10-17)13-32(28,29)19-11-24-12-19/h3-8,14,16-17,19,21,23-24H,9-13H2,1-2H3. The Kier molecular flexibility index (Phi) is 5.63. The van der Waals surface area contributed by atoms with Gasteiger partial charge in [0.05, 0.1) is 22.2 Å². The van der Waals surface area contributed by atoms with Crippen LogP contribution < -0.4 is 10.6 Å². The number of aromatic nitrogens is 1. The third-order valence-corrected chi connectivity index (χ3v) is 10.9. The Bertz CT molecular complexity index is 1270. The van der Waals surface area contributed by atoms with Gasteiger partial charge in [-0.05, 0) is 50.9 Å². The second-order valence-corrected chi connectivity index (χ2v) is 13.3. The topological polar surface area (TPSA) is 113 Å². The van der Waals surface area contributed by atoms with E-state index in [0.29, 0.717) is 18.9 Å². The number of nitrogens with one attached hydrogen (secondary N) is 2. The fourth-order valence-corrected chi connectivity index (χ4v) is 8.06. The van der Waals surface area contributed by atoms with Crippen molar-refractivity contribution in [2.24, 2.45) is 10.9 Å². The summed E-state index contributed by atoms with van der Waals surface area (Å²) in [5.41, 5.74) is 1.77. The lowest BCUT2D eigenvalue weighted by molar-refractivity contribution is 0.106. The average Bonchev–Trinajstić information content (AvgIpc) is 3.13. The molecule has 1 saturated carbocycles. The first-order chi connectivity index (χ1) is 15.7. The van der Waals surface area contributed by atoms with E-state index < -0.39 is 19.9 Å². The van der Waals surface area contributed by atoms with Crippen molar-refractivity contribution in [3.05, 3.63) is 47.7 Å². The molecule has 2 fully saturated rings. The number of fused-ring (bicyclic) bond motifs is 1. The average molecular weight is 492 g/mol. The van der Waals surface area contributed by atoms with Crippen molar-refractivity contribution < 1.29 is 16.8 Å². The van der Waals surface area contributed by atoms with Crippen molar-refractivity contribution in [1.29, 1.82) is 0 Å². The van der Waals surface area contributed by atoms with Gasteiger partial charge < -0.3 is 10.2 Å². The molecular formula is C22H29N5O4S2. The molecule has 33 heavy (non-hydrogen) atoms. The van der Waals surface area contributed by atoms with Crippen molar-refractivity contribution in [1.82, 2.24) is 19.5 Å². The highest BCUT2D eigenvalue weighted by molar-refractivity contribution is 7.92. The number of aryl methyl sites for hydroxylation is 1. The van der Waals surface area contributed by atoms with Gasteiger partial charge >= 0.3 is 0 Å². The molecule has 1 atom stereocenters. The molecule has 2 aliphatic heterocycles.